The Hall–Kier alpha value is -5.73. The number of aromatic amines is 1. The van der Waals surface area contributed by atoms with Crippen LogP contribution in [0.3, 0.4) is 0 Å². The van der Waals surface area contributed by atoms with E-state index in [9.17, 15) is 24.0 Å². The van der Waals surface area contributed by atoms with E-state index in [0.29, 0.717) is 60.3 Å². The molecule has 0 saturated heterocycles. The van der Waals surface area contributed by atoms with E-state index in [-0.39, 0.29) is 77.5 Å². The van der Waals surface area contributed by atoms with E-state index in [1.165, 1.54) is 4.57 Å². The predicted molar refractivity (Wildman–Crippen MR) is 205 cm³/mol. The maximum Gasteiger partial charge on any atom is 0.328 e. The number of ether oxygens (including phenoxy) is 3. The van der Waals surface area contributed by atoms with Crippen molar-refractivity contribution in [3.8, 4) is 6.01 Å². The normalized spacial score (nSPS) is 11.6. The molecular weight excluding hydrogens is 732 g/mol. The molecule has 4 aromatic rings. The van der Waals surface area contributed by atoms with Crippen LogP contribution < -0.4 is 27.4 Å². The number of nitrogen functional groups attached to an aromatic ring is 1. The Labute approximate surface area is 324 Å². The lowest BCUT2D eigenvalue weighted by Crippen LogP contribution is -2.31. The van der Waals surface area contributed by atoms with E-state index in [1.807, 2.05) is 24.3 Å². The van der Waals surface area contributed by atoms with Gasteiger partial charge in [0, 0.05) is 13.0 Å². The number of aliphatic carboxylic acids is 1. The minimum Gasteiger partial charge on any atom is -0.481 e. The zero-order valence-electron chi connectivity index (χ0n) is 29.8. The summed E-state index contributed by atoms with van der Waals surface area (Å²) in [6.07, 6.45) is 1.99. The lowest BCUT2D eigenvalue weighted by atomic mass is 10.1. The van der Waals surface area contributed by atoms with E-state index >= 15 is 0 Å². The maximum atomic E-state index is 12.5. The number of rotatable bonds is 21. The number of amides is 3. The number of benzene rings is 2. The quantitative estimate of drug-likeness (QED) is 0.0462. The van der Waals surface area contributed by atoms with Crippen LogP contribution in [-0.2, 0) is 41.8 Å². The molecule has 0 radical (unpaired) electrons. The number of carboxylic acid groups (broad SMARTS) is 1. The van der Waals surface area contributed by atoms with Gasteiger partial charge in [0.1, 0.15) is 5.52 Å². The van der Waals surface area contributed by atoms with Gasteiger partial charge in [0.2, 0.25) is 5.91 Å². The van der Waals surface area contributed by atoms with Crippen LogP contribution in [0, 0.1) is 0 Å². The zero-order valence-corrected chi connectivity index (χ0v) is 29.8. The van der Waals surface area contributed by atoms with E-state index < -0.39 is 17.8 Å². The summed E-state index contributed by atoms with van der Waals surface area (Å²) in [5.41, 5.74) is 8.87. The lowest BCUT2D eigenvalue weighted by Gasteiger charge is -2.13. The van der Waals surface area contributed by atoms with E-state index in [4.69, 9.17) is 35.8 Å². The van der Waals surface area contributed by atoms with Gasteiger partial charge in [-0.25, -0.2) is 10.7 Å². The number of carboxylic acids is 1. The van der Waals surface area contributed by atoms with Crippen molar-refractivity contribution >= 4 is 40.7 Å². The second-order valence-electron chi connectivity index (χ2n) is 11.7. The molecule has 0 spiro atoms. The van der Waals surface area contributed by atoms with Crippen LogP contribution in [-0.4, -0.2) is 99.6 Å². The molecule has 0 unspecified atom stereocenters. The fourth-order valence-electron chi connectivity index (χ4n) is 4.89. The summed E-state index contributed by atoms with van der Waals surface area (Å²) < 4.78 is 17.3. The lowest BCUT2D eigenvalue weighted by molar-refractivity contribution is -0.139. The highest BCUT2D eigenvalue weighted by Gasteiger charge is 2.36. The number of H-pyrrole nitrogens is 1. The Bertz CT molecular complexity index is 1900. The Balaban J connectivity index is 0.000000422. The molecule has 3 heterocycles. The van der Waals surface area contributed by atoms with Crippen LogP contribution in [0.5, 0.6) is 6.01 Å². The third kappa shape index (κ3) is 13.5. The number of nitrogens with one attached hydrogen (secondary N) is 2. The van der Waals surface area contributed by atoms with E-state index in [2.05, 4.69) is 32.0 Å². The highest BCUT2D eigenvalue weighted by molar-refractivity contribution is 6.20. The number of imidazole rings is 1. The summed E-state index contributed by atoms with van der Waals surface area (Å²) in [5.74, 6) is 2.99. The minimum absolute atomic E-state index is 0. The first kappa shape index (κ1) is 46.4. The minimum atomic E-state index is -0.953. The first-order valence-electron chi connectivity index (χ1n) is 17.2. The molecule has 306 valence electrons. The second-order valence-corrected chi connectivity index (χ2v) is 11.7. The third-order valence-corrected chi connectivity index (χ3v) is 7.70. The highest BCUT2D eigenvalue weighted by Crippen LogP contribution is 2.22. The molecule has 0 fully saturated rings. The molecule has 1 aliphatic rings. The molecule has 19 heteroatoms. The molecule has 2 aromatic carbocycles. The van der Waals surface area contributed by atoms with Crippen LogP contribution in [0.25, 0.3) is 11.2 Å². The van der Waals surface area contributed by atoms with Crippen molar-refractivity contribution in [2.24, 2.45) is 5.90 Å². The molecular formula is C37H52N8O11. The monoisotopic (exact) mass is 784 g/mol. The number of hydroxylamine groups is 2. The summed E-state index contributed by atoms with van der Waals surface area (Å²) in [5, 5.41) is 11.9. The van der Waals surface area contributed by atoms with Gasteiger partial charge >= 0.3 is 17.7 Å². The maximum absolute atomic E-state index is 12.5. The number of imide groups is 1. The Morgan fingerprint density at radius 1 is 0.839 bits per heavy atom. The Kier molecular flexibility index (Phi) is 19.8. The highest BCUT2D eigenvalue weighted by atomic mass is 16.7. The van der Waals surface area contributed by atoms with Crippen molar-refractivity contribution in [3.05, 3.63) is 81.3 Å². The summed E-state index contributed by atoms with van der Waals surface area (Å²) in [7, 11) is 0. The molecule has 56 heavy (non-hydrogen) atoms. The average Bonchev–Trinajstić information content (AvgIpc) is 3.60. The van der Waals surface area contributed by atoms with Gasteiger partial charge in [-0.2, -0.15) is 9.97 Å². The molecule has 0 saturated carbocycles. The standard InChI is InChI=1S/C22H31N7O5.C13H13NO6.2CH4/c1-2-3-9-33-21-27-19(23)18-20(28-21)29(22(31)26-18)14-16-6-4-15(5-7-16)13-25-17(30)8-10-32-11-12-34-24;15-11(16)5-6-19-7-8-20-14-12(17)9-3-1-2-4-10(9)13(14)18;;/h4-7H,2-3,8-14,24H2,1H3,(H,25,30)(H,26,31)(H2,23,27,28);1-4H,5-8H2,(H,15,16);2*1H4. The molecule has 0 aliphatic carbocycles. The first-order valence-corrected chi connectivity index (χ1v) is 17.2. The average molecular weight is 785 g/mol. The van der Waals surface area contributed by atoms with Gasteiger partial charge in [0.05, 0.1) is 70.3 Å². The molecule has 2 aromatic heterocycles. The number of fused-ring (bicyclic) bond motifs is 2. The van der Waals surface area contributed by atoms with Crippen LogP contribution >= 0.6 is 0 Å². The molecule has 7 N–H and O–H groups in total. The topological polar surface area (TPSA) is 266 Å². The van der Waals surface area contributed by atoms with Gasteiger partial charge in [-0.1, -0.05) is 64.6 Å². The Morgan fingerprint density at radius 2 is 1.46 bits per heavy atom. The molecule has 0 atom stereocenters. The van der Waals surface area contributed by atoms with Gasteiger partial charge < -0.3 is 40.2 Å². The SMILES string of the molecule is C.C.CCCCOc1nc(N)c2[nH]c(=O)n(Cc3ccc(CNC(=O)CCOCCON)cc3)c2n1.O=C(O)CCOCCON1C(=O)c2ccccc2C1=O. The number of hydrogen-bond donors (Lipinski definition) is 5. The number of carbonyl (C=O) groups excluding carboxylic acids is 3. The summed E-state index contributed by atoms with van der Waals surface area (Å²) in [4.78, 5) is 79.1. The fourth-order valence-corrected chi connectivity index (χ4v) is 4.89. The smallest absolute Gasteiger partial charge is 0.328 e. The second kappa shape index (κ2) is 23.9. The molecule has 19 nitrogen and oxygen atoms in total. The first-order chi connectivity index (χ1) is 26.1. The van der Waals surface area contributed by atoms with Crippen molar-refractivity contribution in [1.82, 2.24) is 29.9 Å². The molecule has 5 rings (SSSR count). The van der Waals surface area contributed by atoms with Crippen molar-refractivity contribution < 1.29 is 48.2 Å². The van der Waals surface area contributed by atoms with E-state index in [0.717, 1.165) is 24.0 Å². The molecule has 1 aliphatic heterocycles. The van der Waals surface area contributed by atoms with Gasteiger partial charge in [-0.15, -0.1) is 5.06 Å². The van der Waals surface area contributed by atoms with Gasteiger partial charge in [0.25, 0.3) is 11.8 Å². The Morgan fingerprint density at radius 3 is 2.09 bits per heavy atom. The number of nitrogens with two attached hydrogens (primary N) is 2. The van der Waals surface area contributed by atoms with Crippen molar-refractivity contribution in [1.29, 1.82) is 0 Å². The number of anilines is 1. The van der Waals surface area contributed by atoms with Gasteiger partial charge in [-0.05, 0) is 29.7 Å². The number of aromatic nitrogens is 4. The summed E-state index contributed by atoms with van der Waals surface area (Å²) >= 11 is 0. The summed E-state index contributed by atoms with van der Waals surface area (Å²) in [6, 6.07) is 14.2. The van der Waals surface area contributed by atoms with Crippen molar-refractivity contribution in [2.75, 3.05) is 52.0 Å². The van der Waals surface area contributed by atoms with Crippen LogP contribution in [0.2, 0.25) is 0 Å². The molecule has 0 bridgehead atoms. The third-order valence-electron chi connectivity index (χ3n) is 7.70. The fraction of sp³-hybridized carbons (Fsp3) is 0.432. The van der Waals surface area contributed by atoms with Crippen molar-refractivity contribution in [2.45, 2.75) is 60.5 Å². The largest absolute Gasteiger partial charge is 0.481 e. The predicted octanol–water partition coefficient (Wildman–Crippen LogP) is 2.82. The zero-order chi connectivity index (χ0) is 38.9. The number of nitrogens with zero attached hydrogens (tertiary/aromatic N) is 4. The van der Waals surface area contributed by atoms with Crippen LogP contribution in [0.1, 0.15) is 79.3 Å². The number of carbonyl (C=O) groups is 4. The molecule has 3 amide bonds. The van der Waals surface area contributed by atoms with Gasteiger partial charge in [0.15, 0.2) is 11.5 Å². The van der Waals surface area contributed by atoms with Crippen molar-refractivity contribution in [3.63, 3.8) is 0 Å². The number of unbranched alkanes of at least 4 members (excludes halogenated alkanes) is 1. The van der Waals surface area contributed by atoms with E-state index in [1.54, 1.807) is 24.3 Å². The van der Waals surface area contributed by atoms with Gasteiger partial charge in [-0.3, -0.25) is 28.6 Å². The van der Waals surface area contributed by atoms with Crippen LogP contribution in [0.4, 0.5) is 5.82 Å². The van der Waals surface area contributed by atoms with Crippen LogP contribution in [0.15, 0.2) is 53.3 Å². The summed E-state index contributed by atoms with van der Waals surface area (Å²) in [6.45, 7) is 4.29. The number of hydrogen-bond acceptors (Lipinski definition) is 14.